The van der Waals surface area contributed by atoms with Crippen LogP contribution in [0.2, 0.25) is 0 Å². The molecular formula is C21H21N5O3. The zero-order chi connectivity index (χ0) is 20.4. The van der Waals surface area contributed by atoms with Gasteiger partial charge in [0, 0.05) is 29.8 Å². The fourth-order valence-electron chi connectivity index (χ4n) is 3.01. The van der Waals surface area contributed by atoms with Gasteiger partial charge in [-0.05, 0) is 31.2 Å². The van der Waals surface area contributed by atoms with E-state index in [0.29, 0.717) is 40.8 Å². The van der Waals surface area contributed by atoms with Crippen molar-refractivity contribution in [3.63, 3.8) is 0 Å². The summed E-state index contributed by atoms with van der Waals surface area (Å²) in [5.41, 5.74) is 3.72. The second kappa shape index (κ2) is 7.75. The van der Waals surface area contributed by atoms with Gasteiger partial charge in [0.1, 0.15) is 11.5 Å². The molecule has 0 unspecified atom stereocenters. The Balaban J connectivity index is 1.90. The normalized spacial score (nSPS) is 10.9. The Hall–Kier alpha value is -3.68. The van der Waals surface area contributed by atoms with E-state index in [1.165, 1.54) is 0 Å². The first-order chi connectivity index (χ1) is 14.1. The van der Waals surface area contributed by atoms with E-state index in [9.17, 15) is 0 Å². The van der Waals surface area contributed by atoms with Crippen molar-refractivity contribution in [2.24, 2.45) is 0 Å². The third-order valence-corrected chi connectivity index (χ3v) is 4.55. The molecule has 3 aromatic heterocycles. The molecule has 148 valence electrons. The maximum absolute atomic E-state index is 5.53. The molecule has 0 aliphatic carbocycles. The largest absolute Gasteiger partial charge is 0.497 e. The summed E-state index contributed by atoms with van der Waals surface area (Å²) in [6, 6.07) is 9.48. The van der Waals surface area contributed by atoms with E-state index in [4.69, 9.17) is 14.0 Å². The van der Waals surface area contributed by atoms with Crippen LogP contribution in [0.25, 0.3) is 22.5 Å². The van der Waals surface area contributed by atoms with Gasteiger partial charge in [0.05, 0.1) is 31.2 Å². The van der Waals surface area contributed by atoms with Crippen LogP contribution >= 0.6 is 0 Å². The SMILES string of the molecule is CCc1noc(-c2cnc3nc(C)ccc3c2Nc2ccc(OC)cc2OC)n1. The van der Waals surface area contributed by atoms with Crippen LogP contribution in [-0.2, 0) is 6.42 Å². The highest BCUT2D eigenvalue weighted by Crippen LogP contribution is 2.38. The quantitative estimate of drug-likeness (QED) is 0.519. The minimum atomic E-state index is 0.395. The maximum atomic E-state index is 5.53. The van der Waals surface area contributed by atoms with Gasteiger partial charge in [-0.3, -0.25) is 0 Å². The van der Waals surface area contributed by atoms with Crippen LogP contribution in [-0.4, -0.2) is 34.3 Å². The fourth-order valence-corrected chi connectivity index (χ4v) is 3.01. The molecule has 0 saturated carbocycles. The van der Waals surface area contributed by atoms with Crippen LogP contribution in [0.4, 0.5) is 11.4 Å². The molecule has 1 aromatic carbocycles. The first kappa shape index (κ1) is 18.7. The summed E-state index contributed by atoms with van der Waals surface area (Å²) in [5, 5.41) is 8.29. The number of benzene rings is 1. The number of methoxy groups -OCH3 is 2. The molecule has 0 saturated heterocycles. The Bertz CT molecular complexity index is 1170. The number of hydrogen-bond acceptors (Lipinski definition) is 8. The summed E-state index contributed by atoms with van der Waals surface area (Å²) in [4.78, 5) is 13.5. The molecule has 0 aliphatic heterocycles. The molecule has 8 heteroatoms. The Kier molecular flexibility index (Phi) is 4.99. The lowest BCUT2D eigenvalue weighted by atomic mass is 10.1. The van der Waals surface area contributed by atoms with Crippen LogP contribution in [0.1, 0.15) is 18.4 Å². The molecule has 0 amide bonds. The summed E-state index contributed by atoms with van der Waals surface area (Å²) in [6.45, 7) is 3.90. The van der Waals surface area contributed by atoms with E-state index >= 15 is 0 Å². The predicted octanol–water partition coefficient (Wildman–Crippen LogP) is 4.31. The van der Waals surface area contributed by atoms with Crippen molar-refractivity contribution in [2.45, 2.75) is 20.3 Å². The summed E-state index contributed by atoms with van der Waals surface area (Å²) < 4.78 is 16.3. The van der Waals surface area contributed by atoms with Gasteiger partial charge < -0.3 is 19.3 Å². The molecule has 29 heavy (non-hydrogen) atoms. The molecule has 4 rings (SSSR count). The maximum Gasteiger partial charge on any atom is 0.261 e. The van der Waals surface area contributed by atoms with Gasteiger partial charge in [0.2, 0.25) is 0 Å². The van der Waals surface area contributed by atoms with Crippen LogP contribution in [0.5, 0.6) is 11.5 Å². The molecule has 1 N–H and O–H groups in total. The molecule has 0 bridgehead atoms. The van der Waals surface area contributed by atoms with Crippen molar-refractivity contribution in [1.82, 2.24) is 20.1 Å². The minimum absolute atomic E-state index is 0.395. The van der Waals surface area contributed by atoms with Gasteiger partial charge in [-0.2, -0.15) is 4.98 Å². The highest BCUT2D eigenvalue weighted by atomic mass is 16.5. The number of aryl methyl sites for hydroxylation is 2. The van der Waals surface area contributed by atoms with Crippen LogP contribution in [0, 0.1) is 6.92 Å². The second-order valence-corrected chi connectivity index (χ2v) is 6.43. The standard InChI is InChI=1S/C21H21N5O3/c1-5-18-25-21(29-26-18)15-11-22-20-14(8-6-12(2)23-20)19(15)24-16-9-7-13(27-3)10-17(16)28-4/h6-11H,5H2,1-4H3,(H,22,23,24). The van der Waals surface area contributed by atoms with Crippen molar-refractivity contribution in [3.05, 3.63) is 48.0 Å². The third kappa shape index (κ3) is 3.56. The first-order valence-corrected chi connectivity index (χ1v) is 9.21. The van der Waals surface area contributed by atoms with Gasteiger partial charge in [-0.25, -0.2) is 9.97 Å². The first-order valence-electron chi connectivity index (χ1n) is 9.21. The van der Waals surface area contributed by atoms with E-state index in [2.05, 4.69) is 25.4 Å². The Labute approximate surface area is 167 Å². The zero-order valence-corrected chi connectivity index (χ0v) is 16.7. The lowest BCUT2D eigenvalue weighted by Gasteiger charge is -2.16. The molecule has 3 heterocycles. The average molecular weight is 391 g/mol. The monoisotopic (exact) mass is 391 g/mol. The Morgan fingerprint density at radius 3 is 2.66 bits per heavy atom. The number of rotatable bonds is 6. The molecule has 0 fully saturated rings. The van der Waals surface area contributed by atoms with Crippen molar-refractivity contribution >= 4 is 22.4 Å². The minimum Gasteiger partial charge on any atom is -0.497 e. The van der Waals surface area contributed by atoms with E-state index in [0.717, 1.165) is 22.5 Å². The van der Waals surface area contributed by atoms with E-state index in [1.54, 1.807) is 20.4 Å². The zero-order valence-electron chi connectivity index (χ0n) is 16.7. The van der Waals surface area contributed by atoms with E-state index in [-0.39, 0.29) is 0 Å². The molecular weight excluding hydrogens is 370 g/mol. The number of nitrogens with one attached hydrogen (secondary N) is 1. The van der Waals surface area contributed by atoms with Gasteiger partial charge >= 0.3 is 0 Å². The number of nitrogens with zero attached hydrogens (tertiary/aromatic N) is 4. The van der Waals surface area contributed by atoms with E-state index in [1.807, 2.05) is 44.2 Å². The molecule has 0 radical (unpaired) electrons. The summed E-state index contributed by atoms with van der Waals surface area (Å²) in [6.07, 6.45) is 2.38. The van der Waals surface area contributed by atoms with E-state index < -0.39 is 0 Å². The number of fused-ring (bicyclic) bond motifs is 1. The number of aromatic nitrogens is 4. The Morgan fingerprint density at radius 2 is 1.93 bits per heavy atom. The molecule has 4 aromatic rings. The lowest BCUT2D eigenvalue weighted by molar-refractivity contribution is 0.395. The number of ether oxygens (including phenoxy) is 2. The third-order valence-electron chi connectivity index (χ3n) is 4.55. The van der Waals surface area contributed by atoms with Crippen molar-refractivity contribution in [3.8, 4) is 23.0 Å². The molecule has 8 nitrogen and oxygen atoms in total. The highest BCUT2D eigenvalue weighted by molar-refractivity contribution is 5.98. The molecule has 0 spiro atoms. The topological polar surface area (TPSA) is 95.2 Å². The van der Waals surface area contributed by atoms with Crippen LogP contribution < -0.4 is 14.8 Å². The van der Waals surface area contributed by atoms with Crippen LogP contribution in [0.15, 0.2) is 41.1 Å². The van der Waals surface area contributed by atoms with Gasteiger partial charge in [0.25, 0.3) is 5.89 Å². The van der Waals surface area contributed by atoms with Gasteiger partial charge in [-0.1, -0.05) is 12.1 Å². The lowest BCUT2D eigenvalue weighted by Crippen LogP contribution is -2.00. The van der Waals surface area contributed by atoms with Crippen molar-refractivity contribution in [2.75, 3.05) is 19.5 Å². The van der Waals surface area contributed by atoms with Crippen molar-refractivity contribution in [1.29, 1.82) is 0 Å². The summed E-state index contributed by atoms with van der Waals surface area (Å²) in [7, 11) is 3.23. The number of pyridine rings is 2. The highest BCUT2D eigenvalue weighted by Gasteiger charge is 2.18. The Morgan fingerprint density at radius 1 is 1.07 bits per heavy atom. The predicted molar refractivity (Wildman–Crippen MR) is 110 cm³/mol. The second-order valence-electron chi connectivity index (χ2n) is 6.43. The van der Waals surface area contributed by atoms with Crippen molar-refractivity contribution < 1.29 is 14.0 Å². The van der Waals surface area contributed by atoms with Crippen LogP contribution in [0.3, 0.4) is 0 Å². The average Bonchev–Trinajstić information content (AvgIpc) is 3.23. The molecule has 0 atom stereocenters. The number of hydrogen-bond donors (Lipinski definition) is 1. The molecule has 0 aliphatic rings. The van der Waals surface area contributed by atoms with Gasteiger partial charge in [0.15, 0.2) is 11.5 Å². The number of anilines is 2. The summed E-state index contributed by atoms with van der Waals surface area (Å²) >= 11 is 0. The fraction of sp³-hybridized carbons (Fsp3) is 0.238. The smallest absolute Gasteiger partial charge is 0.261 e. The van der Waals surface area contributed by atoms with Gasteiger partial charge in [-0.15, -0.1) is 0 Å². The summed E-state index contributed by atoms with van der Waals surface area (Å²) in [5.74, 6) is 2.37.